The summed E-state index contributed by atoms with van der Waals surface area (Å²) in [5, 5.41) is 32.2. The third-order valence-electron chi connectivity index (χ3n) is 14.3. The van der Waals surface area contributed by atoms with E-state index in [4.69, 9.17) is 11.5 Å². The van der Waals surface area contributed by atoms with Gasteiger partial charge in [-0.2, -0.15) is 0 Å². The van der Waals surface area contributed by atoms with E-state index in [9.17, 15) is 38.7 Å². The number of carbonyl (C=O) groups excluding carboxylic acids is 9. The molecular formula is C60H74N12O10. The fraction of sp³-hybridized carbons (Fsp3) is 0.383. The van der Waals surface area contributed by atoms with Crippen molar-refractivity contribution in [3.8, 4) is 0 Å². The molecule has 3 heterocycles. The topological polar surface area (TPSA) is 345 Å². The summed E-state index contributed by atoms with van der Waals surface area (Å²) >= 11 is 0. The number of aromatic nitrogens is 2. The molecule has 22 heteroatoms. The summed E-state index contributed by atoms with van der Waals surface area (Å²) < 4.78 is 0. The van der Waals surface area contributed by atoms with Gasteiger partial charge in [0.15, 0.2) is 0 Å². The number of nitrogens with zero attached hydrogens (tertiary/aromatic N) is 1. The Balaban J connectivity index is 1.26. The van der Waals surface area contributed by atoms with Crippen LogP contribution < -0.4 is 48.7 Å². The zero-order chi connectivity index (χ0) is 58.5. The van der Waals surface area contributed by atoms with Crippen molar-refractivity contribution in [1.29, 1.82) is 0 Å². The Morgan fingerprint density at radius 3 is 1.57 bits per heavy atom. The van der Waals surface area contributed by atoms with Crippen molar-refractivity contribution in [2.75, 3.05) is 26.2 Å². The highest BCUT2D eigenvalue weighted by atomic mass is 16.3. The Bertz CT molecular complexity index is 3160. The predicted octanol–water partition coefficient (Wildman–Crippen LogP) is 1.34. The predicted molar refractivity (Wildman–Crippen MR) is 308 cm³/mol. The number of para-hydroxylation sites is 2. The number of aromatic amines is 2. The summed E-state index contributed by atoms with van der Waals surface area (Å²) in [7, 11) is 0. The van der Waals surface area contributed by atoms with Gasteiger partial charge in [-0.25, -0.2) is 0 Å². The quantitative estimate of drug-likeness (QED) is 0.0651. The number of nitrogens with one attached hydrogen (secondary N) is 9. The van der Waals surface area contributed by atoms with E-state index in [1.807, 2.05) is 54.6 Å². The van der Waals surface area contributed by atoms with Crippen molar-refractivity contribution in [1.82, 2.24) is 52.1 Å². The van der Waals surface area contributed by atoms with Gasteiger partial charge in [0.25, 0.3) is 0 Å². The molecule has 1 aliphatic heterocycles. The first-order valence-corrected chi connectivity index (χ1v) is 27.8. The molecule has 0 spiro atoms. The lowest BCUT2D eigenvalue weighted by Gasteiger charge is -2.30. The first kappa shape index (κ1) is 60.7. The van der Waals surface area contributed by atoms with Crippen LogP contribution in [0, 0.1) is 0 Å². The Morgan fingerprint density at radius 1 is 0.561 bits per heavy atom. The van der Waals surface area contributed by atoms with Gasteiger partial charge in [-0.05, 0) is 80.0 Å². The summed E-state index contributed by atoms with van der Waals surface area (Å²) in [4.78, 5) is 135. The molecule has 1 saturated heterocycles. The number of aliphatic hydroxyl groups is 1. The van der Waals surface area contributed by atoms with E-state index in [0.717, 1.165) is 26.7 Å². The van der Waals surface area contributed by atoms with E-state index < -0.39 is 102 Å². The van der Waals surface area contributed by atoms with Gasteiger partial charge in [-0.3, -0.25) is 43.2 Å². The van der Waals surface area contributed by atoms with E-state index in [0.29, 0.717) is 35.1 Å². The maximum atomic E-state index is 15.1. The van der Waals surface area contributed by atoms with Gasteiger partial charge >= 0.3 is 0 Å². The van der Waals surface area contributed by atoms with Crippen molar-refractivity contribution in [2.24, 2.45) is 11.5 Å². The van der Waals surface area contributed by atoms with E-state index in [-0.39, 0.29) is 77.4 Å². The molecule has 0 saturated carbocycles. The lowest BCUT2D eigenvalue weighted by atomic mass is 10.00. The summed E-state index contributed by atoms with van der Waals surface area (Å²) in [5.74, 6) is -6.62. The number of unbranched alkanes of at least 4 members (excludes halogenated alkanes) is 1. The van der Waals surface area contributed by atoms with Crippen LogP contribution in [0.5, 0.6) is 0 Å². The molecule has 6 aromatic rings. The highest BCUT2D eigenvalue weighted by molar-refractivity contribution is 5.98. The molecule has 2 aromatic heterocycles. The zero-order valence-corrected chi connectivity index (χ0v) is 45.9. The number of aliphatic hydroxyl groups excluding tert-OH is 1. The summed E-state index contributed by atoms with van der Waals surface area (Å²) in [6.07, 6.45) is 2.46. The highest BCUT2D eigenvalue weighted by Crippen LogP contribution is 2.22. The van der Waals surface area contributed by atoms with E-state index in [2.05, 4.69) is 47.2 Å². The smallest absolute Gasteiger partial charge is 0.245 e. The molecule has 1 fully saturated rings. The van der Waals surface area contributed by atoms with Crippen LogP contribution in [0.4, 0.5) is 0 Å². The molecule has 82 heavy (non-hydrogen) atoms. The number of primary amides is 1. The van der Waals surface area contributed by atoms with Gasteiger partial charge in [0, 0.05) is 85.8 Å². The van der Waals surface area contributed by atoms with Gasteiger partial charge in [-0.1, -0.05) is 97.1 Å². The second-order valence-corrected chi connectivity index (χ2v) is 20.7. The molecule has 1 aliphatic rings. The molecule has 0 radical (unpaired) electrons. The summed E-state index contributed by atoms with van der Waals surface area (Å²) in [6.45, 7) is 0.898. The molecule has 0 unspecified atom stereocenters. The minimum Gasteiger partial charge on any atom is -0.391 e. The Kier molecular flexibility index (Phi) is 22.3. The number of nitrogens with two attached hydrogens (primary N) is 2. The third kappa shape index (κ3) is 17.6. The lowest BCUT2D eigenvalue weighted by molar-refractivity contribution is -0.140. The lowest BCUT2D eigenvalue weighted by Crippen LogP contribution is -2.62. The van der Waals surface area contributed by atoms with Gasteiger partial charge in [-0.15, -0.1) is 0 Å². The van der Waals surface area contributed by atoms with Crippen LogP contribution in [0.25, 0.3) is 21.8 Å². The number of fused-ring (bicyclic) bond motifs is 2. The largest absolute Gasteiger partial charge is 0.391 e. The zero-order valence-electron chi connectivity index (χ0n) is 45.9. The number of benzene rings is 4. The maximum absolute atomic E-state index is 15.1. The normalized spacial score (nSPS) is 21.4. The summed E-state index contributed by atoms with van der Waals surface area (Å²) in [6, 6.07) is 24.1. The standard InChI is InChI=1S/C60H74N12O10/c1-37(73)54-59(81)70-50(31-39-18-6-3-7-19-39)60(82)72(36-51(62)74)29-15-26-52(75)63-28-14-25-53(76)66-47(30-38-16-4-2-5-17-38)56(78)68-49(33-41-35-65-45-23-11-9-21-43(41)45)58(80)69-48(32-40-34-64-44-22-10-8-20-42(40)44)57(79)67-46(55(77)71-54)24-12-13-27-61/h2-11,16-23,34-35,37,46-50,54,64-65,73H,12-15,24-33,36,61H2,1H3,(H2,62,74)(H,63,75)(H,66,76)(H,67,79)(H,68,78)(H,69,80)(H,70,81)(H,71,77)/t37-,46+,47+,48-,49+,50-,54+/m1/s1. The second-order valence-electron chi connectivity index (χ2n) is 20.7. The fourth-order valence-corrected chi connectivity index (χ4v) is 10.0. The fourth-order valence-electron chi connectivity index (χ4n) is 10.0. The molecule has 4 aromatic carbocycles. The average Bonchev–Trinajstić information content (AvgIpc) is 4.31. The first-order chi connectivity index (χ1) is 39.6. The molecule has 7 atom stereocenters. The molecule has 14 N–H and O–H groups in total. The van der Waals surface area contributed by atoms with Crippen LogP contribution in [0.2, 0.25) is 0 Å². The molecule has 7 rings (SSSR count). The van der Waals surface area contributed by atoms with Gasteiger partial charge in [0.1, 0.15) is 36.3 Å². The Labute approximate surface area is 475 Å². The van der Waals surface area contributed by atoms with E-state index in [1.54, 1.807) is 67.0 Å². The third-order valence-corrected chi connectivity index (χ3v) is 14.3. The van der Waals surface area contributed by atoms with Crippen LogP contribution in [-0.4, -0.2) is 142 Å². The summed E-state index contributed by atoms with van der Waals surface area (Å²) in [5.41, 5.74) is 15.6. The Hall–Kier alpha value is -8.89. The molecule has 0 aliphatic carbocycles. The first-order valence-electron chi connectivity index (χ1n) is 27.8. The minimum atomic E-state index is -1.70. The van der Waals surface area contributed by atoms with Crippen molar-refractivity contribution in [3.63, 3.8) is 0 Å². The van der Waals surface area contributed by atoms with Crippen molar-refractivity contribution >= 4 is 75.0 Å². The molecule has 434 valence electrons. The molecule has 0 bridgehead atoms. The number of rotatable bonds is 15. The number of hydrogen-bond donors (Lipinski definition) is 12. The van der Waals surface area contributed by atoms with Crippen LogP contribution in [-0.2, 0) is 68.8 Å². The van der Waals surface area contributed by atoms with Gasteiger partial charge in [0.2, 0.25) is 53.2 Å². The molecule has 9 amide bonds. The highest BCUT2D eigenvalue weighted by Gasteiger charge is 2.36. The molecular weight excluding hydrogens is 1050 g/mol. The van der Waals surface area contributed by atoms with Crippen LogP contribution >= 0.6 is 0 Å². The van der Waals surface area contributed by atoms with Crippen molar-refractivity contribution in [2.45, 2.75) is 120 Å². The van der Waals surface area contributed by atoms with Crippen molar-refractivity contribution in [3.05, 3.63) is 144 Å². The van der Waals surface area contributed by atoms with Gasteiger partial charge in [0.05, 0.1) is 12.6 Å². The number of H-pyrrole nitrogens is 2. The number of amides is 9. The van der Waals surface area contributed by atoms with Crippen LogP contribution in [0.3, 0.4) is 0 Å². The number of carbonyl (C=O) groups is 9. The van der Waals surface area contributed by atoms with Gasteiger partial charge < -0.3 is 68.7 Å². The number of hydrogen-bond acceptors (Lipinski definition) is 11. The Morgan fingerprint density at radius 2 is 1.04 bits per heavy atom. The van der Waals surface area contributed by atoms with Crippen LogP contribution in [0.15, 0.2) is 122 Å². The van der Waals surface area contributed by atoms with E-state index >= 15 is 9.59 Å². The maximum Gasteiger partial charge on any atom is 0.245 e. The SMILES string of the molecule is C[C@@H](O)[C@@H]1NC(=O)[C@H](CCCCN)NC(=O)[C@@H](Cc2c[nH]c3ccccc23)NC(=O)[C@H](Cc2c[nH]c3ccccc23)NC(=O)[C@H](Cc2ccccc2)NC(=O)CCCNC(=O)CCCN(CC(N)=O)C(=O)[C@@H](Cc2ccccc2)NC1=O. The van der Waals surface area contributed by atoms with Crippen LogP contribution in [0.1, 0.15) is 74.1 Å². The minimum absolute atomic E-state index is 0.000336. The van der Waals surface area contributed by atoms with Crippen molar-refractivity contribution < 1.29 is 48.3 Å². The monoisotopic (exact) mass is 1120 g/mol. The van der Waals surface area contributed by atoms with E-state index in [1.165, 1.54) is 6.92 Å². The average molecular weight is 1120 g/mol. The molecule has 22 nitrogen and oxygen atoms in total. The second kappa shape index (κ2) is 30.1.